The van der Waals surface area contributed by atoms with Gasteiger partial charge in [-0.15, -0.1) is 0 Å². The third-order valence-corrected chi connectivity index (χ3v) is 4.52. The lowest BCUT2D eigenvalue weighted by Crippen LogP contribution is -2.37. The summed E-state index contributed by atoms with van der Waals surface area (Å²) in [5, 5.41) is 31.3. The molecular weight excluding hydrogens is 380 g/mol. The fourth-order valence-corrected chi connectivity index (χ4v) is 2.81. The van der Waals surface area contributed by atoms with Crippen LogP contribution in [0.25, 0.3) is 0 Å². The molecule has 0 spiro atoms. The summed E-state index contributed by atoms with van der Waals surface area (Å²) in [7, 11) is 0. The van der Waals surface area contributed by atoms with Crippen molar-refractivity contribution < 1.29 is 4.74 Å². The Morgan fingerprint density at radius 2 is 1.27 bits per heavy atom. The van der Waals surface area contributed by atoms with E-state index < -0.39 is 0 Å². The number of hydrogen-bond acceptors (Lipinski definition) is 4. The van der Waals surface area contributed by atoms with Crippen LogP contribution < -0.4 is 27.4 Å². The van der Waals surface area contributed by atoms with E-state index in [2.05, 4.69) is 16.0 Å². The molecule has 9 nitrogen and oxygen atoms in total. The second kappa shape index (κ2) is 16.0. The average Bonchev–Trinajstić information content (AvgIpc) is 2.72. The number of hydrogen-bond donors (Lipinski definition) is 8. The molecule has 168 valence electrons. The van der Waals surface area contributed by atoms with Gasteiger partial charge in [-0.3, -0.25) is 16.2 Å². The van der Waals surface area contributed by atoms with Crippen molar-refractivity contribution in [3.8, 4) is 0 Å². The van der Waals surface area contributed by atoms with E-state index in [0.29, 0.717) is 31.3 Å². The monoisotopic (exact) mass is 418 g/mol. The number of benzene rings is 1. The fraction of sp³-hybridized carbons (Fsp3) is 0.571. The van der Waals surface area contributed by atoms with Gasteiger partial charge in [0.2, 0.25) is 0 Å². The fourth-order valence-electron chi connectivity index (χ4n) is 2.81. The maximum absolute atomic E-state index is 7.86. The predicted molar refractivity (Wildman–Crippen MR) is 123 cm³/mol. The van der Waals surface area contributed by atoms with Crippen LogP contribution in [0.3, 0.4) is 0 Å². The van der Waals surface area contributed by atoms with Gasteiger partial charge < -0.3 is 32.2 Å². The lowest BCUT2D eigenvalue weighted by molar-refractivity contribution is 0.119. The van der Waals surface area contributed by atoms with Crippen LogP contribution in [0.2, 0.25) is 0 Å². The van der Waals surface area contributed by atoms with E-state index in [1.54, 1.807) is 0 Å². The lowest BCUT2D eigenvalue weighted by Gasteiger charge is -2.10. The van der Waals surface area contributed by atoms with Gasteiger partial charge in [-0.25, -0.2) is 0 Å². The van der Waals surface area contributed by atoms with Crippen molar-refractivity contribution >= 4 is 17.8 Å². The SMILES string of the molecule is N=C(N)NCCCCCCCCNC(=N)NCCCOCc1ccc(C(=N)N)cc1. The molecule has 10 N–H and O–H groups in total. The molecule has 0 saturated heterocycles. The molecule has 0 amide bonds. The number of unbranched alkanes of at least 4 members (excludes halogenated alkanes) is 5. The van der Waals surface area contributed by atoms with Crippen LogP contribution in [0.1, 0.15) is 56.1 Å². The quantitative estimate of drug-likeness (QED) is 0.116. The third-order valence-electron chi connectivity index (χ3n) is 4.52. The van der Waals surface area contributed by atoms with Crippen molar-refractivity contribution in [1.82, 2.24) is 16.0 Å². The van der Waals surface area contributed by atoms with Crippen LogP contribution in [0.15, 0.2) is 24.3 Å². The topological polar surface area (TPSA) is 169 Å². The molecule has 0 fully saturated rings. The molecule has 0 unspecified atom stereocenters. The molecule has 9 heteroatoms. The largest absolute Gasteiger partial charge is 0.384 e. The van der Waals surface area contributed by atoms with E-state index in [1.807, 2.05) is 24.3 Å². The molecule has 0 aliphatic carbocycles. The van der Waals surface area contributed by atoms with E-state index >= 15 is 0 Å². The Kier molecular flexibility index (Phi) is 13.5. The molecule has 0 aliphatic heterocycles. The van der Waals surface area contributed by atoms with Crippen molar-refractivity contribution in [1.29, 1.82) is 16.2 Å². The molecule has 0 bridgehead atoms. The highest BCUT2D eigenvalue weighted by Crippen LogP contribution is 2.06. The van der Waals surface area contributed by atoms with E-state index in [-0.39, 0.29) is 11.8 Å². The minimum absolute atomic E-state index is 0.0435. The summed E-state index contributed by atoms with van der Waals surface area (Å²) in [5.74, 6) is 0.479. The molecule has 0 aromatic heterocycles. The van der Waals surface area contributed by atoms with Crippen molar-refractivity contribution in [2.45, 2.75) is 51.6 Å². The molecule has 0 atom stereocenters. The second-order valence-corrected chi connectivity index (χ2v) is 7.21. The highest BCUT2D eigenvalue weighted by molar-refractivity contribution is 5.94. The van der Waals surface area contributed by atoms with Gasteiger partial charge in [0.15, 0.2) is 11.9 Å². The molecule has 0 saturated carbocycles. The van der Waals surface area contributed by atoms with E-state index in [0.717, 1.165) is 50.8 Å². The molecule has 1 rings (SSSR count). The van der Waals surface area contributed by atoms with Crippen molar-refractivity contribution in [3.63, 3.8) is 0 Å². The molecule has 0 heterocycles. The normalized spacial score (nSPS) is 10.4. The Hall–Kier alpha value is -2.81. The van der Waals surface area contributed by atoms with E-state index in [1.165, 1.54) is 12.8 Å². The van der Waals surface area contributed by atoms with Crippen LogP contribution in [-0.4, -0.2) is 44.0 Å². The summed E-state index contributed by atoms with van der Waals surface area (Å²) in [6.07, 6.45) is 7.61. The lowest BCUT2D eigenvalue weighted by atomic mass is 10.1. The summed E-state index contributed by atoms with van der Waals surface area (Å²) in [4.78, 5) is 0. The highest BCUT2D eigenvalue weighted by Gasteiger charge is 1.99. The van der Waals surface area contributed by atoms with Crippen molar-refractivity contribution in [2.24, 2.45) is 11.5 Å². The highest BCUT2D eigenvalue weighted by atomic mass is 16.5. The van der Waals surface area contributed by atoms with Gasteiger partial charge in [-0.05, 0) is 24.8 Å². The molecule has 0 aliphatic rings. The first-order chi connectivity index (χ1) is 14.5. The first-order valence-corrected chi connectivity index (χ1v) is 10.6. The molecule has 1 aromatic carbocycles. The minimum atomic E-state index is 0.0435. The first kappa shape index (κ1) is 25.2. The molecule has 1 aromatic rings. The number of nitrogens with two attached hydrogens (primary N) is 2. The van der Waals surface area contributed by atoms with Gasteiger partial charge in [-0.1, -0.05) is 49.9 Å². The van der Waals surface area contributed by atoms with Crippen LogP contribution in [0, 0.1) is 16.2 Å². The number of ether oxygens (including phenoxy) is 1. The Labute approximate surface area is 179 Å². The number of nitrogen functional groups attached to an aromatic ring is 1. The Balaban J connectivity index is 1.88. The van der Waals surface area contributed by atoms with Crippen LogP contribution in [0.4, 0.5) is 0 Å². The summed E-state index contributed by atoms with van der Waals surface area (Å²) in [6, 6.07) is 7.48. The third kappa shape index (κ3) is 13.4. The molecule has 30 heavy (non-hydrogen) atoms. The predicted octanol–water partition coefficient (Wildman–Crippen LogP) is 1.82. The van der Waals surface area contributed by atoms with E-state index in [4.69, 9.17) is 32.4 Å². The Morgan fingerprint density at radius 3 is 1.83 bits per heavy atom. The van der Waals surface area contributed by atoms with Crippen LogP contribution >= 0.6 is 0 Å². The summed E-state index contributed by atoms with van der Waals surface area (Å²) < 4.78 is 5.64. The minimum Gasteiger partial charge on any atom is -0.384 e. The van der Waals surface area contributed by atoms with Crippen LogP contribution in [0.5, 0.6) is 0 Å². The zero-order valence-corrected chi connectivity index (χ0v) is 17.9. The maximum atomic E-state index is 7.86. The Bertz CT molecular complexity index is 632. The Morgan fingerprint density at radius 1 is 0.733 bits per heavy atom. The zero-order chi connectivity index (χ0) is 22.0. The average molecular weight is 419 g/mol. The summed E-state index contributed by atoms with van der Waals surface area (Å²) >= 11 is 0. The van der Waals surface area contributed by atoms with Crippen molar-refractivity contribution in [2.75, 3.05) is 26.2 Å². The maximum Gasteiger partial charge on any atom is 0.188 e. The van der Waals surface area contributed by atoms with Gasteiger partial charge in [-0.2, -0.15) is 0 Å². The van der Waals surface area contributed by atoms with Gasteiger partial charge in [0, 0.05) is 31.8 Å². The van der Waals surface area contributed by atoms with E-state index in [9.17, 15) is 0 Å². The van der Waals surface area contributed by atoms with Gasteiger partial charge >= 0.3 is 0 Å². The van der Waals surface area contributed by atoms with Gasteiger partial charge in [0.25, 0.3) is 0 Å². The first-order valence-electron chi connectivity index (χ1n) is 10.6. The zero-order valence-electron chi connectivity index (χ0n) is 17.9. The second-order valence-electron chi connectivity index (χ2n) is 7.21. The number of amidine groups is 1. The standard InChI is InChI=1S/C21H38N8O/c22-19(23)18-10-8-17(9-11-18)16-30-15-7-14-29-21(26)28-13-6-4-2-1-3-5-12-27-20(24)25/h8-11H,1-7,12-16H2,(H3,22,23)(H4,24,25,27)(H3,26,28,29). The van der Waals surface area contributed by atoms with Crippen LogP contribution in [-0.2, 0) is 11.3 Å². The summed E-state index contributed by atoms with van der Waals surface area (Å²) in [5.41, 5.74) is 12.4. The summed E-state index contributed by atoms with van der Waals surface area (Å²) in [6.45, 7) is 3.44. The number of rotatable bonds is 16. The molecule has 0 radical (unpaired) electrons. The van der Waals surface area contributed by atoms with Gasteiger partial charge in [0.05, 0.1) is 6.61 Å². The number of nitrogens with one attached hydrogen (secondary N) is 6. The van der Waals surface area contributed by atoms with Crippen molar-refractivity contribution in [3.05, 3.63) is 35.4 Å². The smallest absolute Gasteiger partial charge is 0.188 e. The molecular formula is C21H38N8O. The number of guanidine groups is 2. The van der Waals surface area contributed by atoms with Gasteiger partial charge in [0.1, 0.15) is 5.84 Å².